The fourth-order valence-electron chi connectivity index (χ4n) is 1.89. The highest BCUT2D eigenvalue weighted by atomic mass is 16.5. The fourth-order valence-corrected chi connectivity index (χ4v) is 1.89. The van der Waals surface area contributed by atoms with Gasteiger partial charge in [0.2, 0.25) is 0 Å². The van der Waals surface area contributed by atoms with Crippen molar-refractivity contribution in [1.29, 1.82) is 0 Å². The molecule has 0 fully saturated rings. The quantitative estimate of drug-likeness (QED) is 0.677. The second kappa shape index (κ2) is 6.06. The molecule has 0 aliphatic rings. The summed E-state index contributed by atoms with van der Waals surface area (Å²) >= 11 is 0. The molecule has 0 radical (unpaired) electrons. The van der Waals surface area contributed by atoms with Gasteiger partial charge in [0.15, 0.2) is 17.3 Å². The highest BCUT2D eigenvalue weighted by molar-refractivity contribution is 6.11. The van der Waals surface area contributed by atoms with E-state index in [4.69, 9.17) is 4.74 Å². The number of phenols is 1. The van der Waals surface area contributed by atoms with E-state index in [2.05, 4.69) is 0 Å². The number of ether oxygens (including phenoxy) is 1. The van der Waals surface area contributed by atoms with Crippen molar-refractivity contribution < 1.29 is 14.6 Å². The average molecular weight is 268 g/mol. The van der Waals surface area contributed by atoms with E-state index >= 15 is 0 Å². The lowest BCUT2D eigenvalue weighted by atomic mass is 10.0. The van der Waals surface area contributed by atoms with Crippen molar-refractivity contribution >= 4 is 5.78 Å². The standard InChI is InChI=1S/C17H16O3/c1-3-11-20-17-12(2)9-10-14(16(17)19)15(18)13-7-5-4-6-8-13/h3-11,19H,1-2H3. The van der Waals surface area contributed by atoms with Crippen LogP contribution in [0.5, 0.6) is 11.5 Å². The Hall–Kier alpha value is -2.55. The van der Waals surface area contributed by atoms with E-state index in [1.807, 2.05) is 19.9 Å². The van der Waals surface area contributed by atoms with Gasteiger partial charge in [-0.2, -0.15) is 0 Å². The minimum Gasteiger partial charge on any atom is -0.504 e. The van der Waals surface area contributed by atoms with Crippen molar-refractivity contribution in [1.82, 2.24) is 0 Å². The van der Waals surface area contributed by atoms with Gasteiger partial charge in [-0.1, -0.05) is 42.5 Å². The number of rotatable bonds is 4. The second-order valence-corrected chi connectivity index (χ2v) is 4.39. The molecular weight excluding hydrogens is 252 g/mol. The number of phenolic OH excluding ortho intramolecular Hbond substituents is 1. The molecule has 0 aliphatic heterocycles. The first-order valence-electron chi connectivity index (χ1n) is 6.35. The maximum atomic E-state index is 12.4. The van der Waals surface area contributed by atoms with E-state index in [0.29, 0.717) is 11.3 Å². The second-order valence-electron chi connectivity index (χ2n) is 4.39. The first-order valence-corrected chi connectivity index (χ1v) is 6.35. The molecular formula is C17H16O3. The number of hydrogen-bond acceptors (Lipinski definition) is 3. The smallest absolute Gasteiger partial charge is 0.196 e. The molecule has 0 heterocycles. The summed E-state index contributed by atoms with van der Waals surface area (Å²) in [5, 5.41) is 10.2. The SMILES string of the molecule is CC=COc1c(C)ccc(C(=O)c2ccccc2)c1O. The van der Waals surface area contributed by atoms with Crippen LogP contribution in [0.15, 0.2) is 54.8 Å². The molecule has 0 bridgehead atoms. The van der Waals surface area contributed by atoms with Crippen LogP contribution < -0.4 is 4.74 Å². The van der Waals surface area contributed by atoms with Crippen molar-refractivity contribution in [3.05, 3.63) is 71.5 Å². The van der Waals surface area contributed by atoms with Gasteiger partial charge in [-0.05, 0) is 25.5 Å². The molecule has 0 aliphatic carbocycles. The number of ketones is 1. The Morgan fingerprint density at radius 1 is 1.15 bits per heavy atom. The number of carbonyl (C=O) groups excluding carboxylic acids is 1. The van der Waals surface area contributed by atoms with Gasteiger partial charge in [-0.15, -0.1) is 0 Å². The summed E-state index contributed by atoms with van der Waals surface area (Å²) in [6.45, 7) is 3.63. The Balaban J connectivity index is 2.45. The lowest BCUT2D eigenvalue weighted by Crippen LogP contribution is -2.02. The van der Waals surface area contributed by atoms with Crippen LogP contribution in [-0.2, 0) is 0 Å². The van der Waals surface area contributed by atoms with Gasteiger partial charge in [-0.25, -0.2) is 0 Å². The minimum atomic E-state index is -0.228. The normalized spacial score (nSPS) is 10.7. The summed E-state index contributed by atoms with van der Waals surface area (Å²) in [4.78, 5) is 12.4. The number of carbonyl (C=O) groups is 1. The maximum Gasteiger partial charge on any atom is 0.196 e. The first kappa shape index (κ1) is 13.9. The molecule has 3 heteroatoms. The lowest BCUT2D eigenvalue weighted by molar-refractivity contribution is 0.103. The molecule has 102 valence electrons. The third kappa shape index (κ3) is 2.72. The Kier molecular flexibility index (Phi) is 4.20. The summed E-state index contributed by atoms with van der Waals surface area (Å²) in [7, 11) is 0. The molecule has 1 N–H and O–H groups in total. The molecule has 0 aromatic heterocycles. The lowest BCUT2D eigenvalue weighted by Gasteiger charge is -2.11. The molecule has 20 heavy (non-hydrogen) atoms. The fraction of sp³-hybridized carbons (Fsp3) is 0.118. The van der Waals surface area contributed by atoms with E-state index in [1.165, 1.54) is 6.26 Å². The highest BCUT2D eigenvalue weighted by Gasteiger charge is 2.18. The van der Waals surface area contributed by atoms with Gasteiger partial charge < -0.3 is 9.84 Å². The third-order valence-electron chi connectivity index (χ3n) is 2.93. The van der Waals surface area contributed by atoms with E-state index in [1.54, 1.807) is 42.5 Å². The van der Waals surface area contributed by atoms with Crippen LogP contribution in [0.1, 0.15) is 28.4 Å². The number of hydrogen-bond donors (Lipinski definition) is 1. The number of allylic oxidation sites excluding steroid dienone is 1. The van der Waals surface area contributed by atoms with Crippen LogP contribution in [0.3, 0.4) is 0 Å². The van der Waals surface area contributed by atoms with Crippen molar-refractivity contribution in [2.24, 2.45) is 0 Å². The summed E-state index contributed by atoms with van der Waals surface area (Å²) in [5.74, 6) is -0.0461. The Morgan fingerprint density at radius 2 is 1.85 bits per heavy atom. The topological polar surface area (TPSA) is 46.5 Å². The zero-order valence-electron chi connectivity index (χ0n) is 11.5. The Morgan fingerprint density at radius 3 is 2.50 bits per heavy atom. The zero-order valence-corrected chi connectivity index (χ0v) is 11.5. The van der Waals surface area contributed by atoms with Gasteiger partial charge in [0.25, 0.3) is 0 Å². The van der Waals surface area contributed by atoms with Crippen LogP contribution in [0, 0.1) is 6.92 Å². The molecule has 2 aromatic rings. The van der Waals surface area contributed by atoms with Crippen molar-refractivity contribution in [2.75, 3.05) is 0 Å². The number of aromatic hydroxyl groups is 1. The number of aryl methyl sites for hydroxylation is 1. The van der Waals surface area contributed by atoms with Gasteiger partial charge in [0.1, 0.15) is 0 Å². The summed E-state index contributed by atoms with van der Waals surface area (Å²) in [5.41, 5.74) is 1.54. The molecule has 0 unspecified atom stereocenters. The predicted molar refractivity (Wildman–Crippen MR) is 78.2 cm³/mol. The van der Waals surface area contributed by atoms with Crippen LogP contribution >= 0.6 is 0 Å². The maximum absolute atomic E-state index is 12.4. The van der Waals surface area contributed by atoms with E-state index in [9.17, 15) is 9.90 Å². The van der Waals surface area contributed by atoms with Crippen LogP contribution in [-0.4, -0.2) is 10.9 Å². The van der Waals surface area contributed by atoms with Gasteiger partial charge >= 0.3 is 0 Å². The molecule has 3 nitrogen and oxygen atoms in total. The average Bonchev–Trinajstić information content (AvgIpc) is 2.47. The van der Waals surface area contributed by atoms with Crippen LogP contribution in [0.2, 0.25) is 0 Å². The van der Waals surface area contributed by atoms with Crippen molar-refractivity contribution in [2.45, 2.75) is 13.8 Å². The Bertz CT molecular complexity index is 643. The highest BCUT2D eigenvalue weighted by Crippen LogP contribution is 2.34. The zero-order chi connectivity index (χ0) is 14.5. The first-order chi connectivity index (χ1) is 9.65. The Labute approximate surface area is 118 Å². The van der Waals surface area contributed by atoms with Gasteiger partial charge in [-0.3, -0.25) is 4.79 Å². The van der Waals surface area contributed by atoms with E-state index < -0.39 is 0 Å². The predicted octanol–water partition coefficient (Wildman–Crippen LogP) is 3.84. The summed E-state index contributed by atoms with van der Waals surface area (Å²) in [6.07, 6.45) is 3.18. The van der Waals surface area contributed by atoms with Crippen molar-refractivity contribution in [3.63, 3.8) is 0 Å². The van der Waals surface area contributed by atoms with Crippen LogP contribution in [0.25, 0.3) is 0 Å². The molecule has 2 rings (SSSR count). The third-order valence-corrected chi connectivity index (χ3v) is 2.93. The molecule has 0 saturated heterocycles. The molecule has 0 saturated carbocycles. The molecule has 0 atom stereocenters. The van der Waals surface area contributed by atoms with Crippen molar-refractivity contribution in [3.8, 4) is 11.5 Å². The molecule has 2 aromatic carbocycles. The summed E-state index contributed by atoms with van der Waals surface area (Å²) < 4.78 is 5.36. The molecule has 0 amide bonds. The van der Waals surface area contributed by atoms with Gasteiger partial charge in [0.05, 0.1) is 11.8 Å². The molecule has 0 spiro atoms. The van der Waals surface area contributed by atoms with E-state index in [-0.39, 0.29) is 17.1 Å². The monoisotopic (exact) mass is 268 g/mol. The van der Waals surface area contributed by atoms with Crippen LogP contribution in [0.4, 0.5) is 0 Å². The largest absolute Gasteiger partial charge is 0.504 e. The summed E-state index contributed by atoms with van der Waals surface area (Å²) in [6, 6.07) is 12.2. The number of benzene rings is 2. The minimum absolute atomic E-state index is 0.128. The van der Waals surface area contributed by atoms with E-state index in [0.717, 1.165) is 5.56 Å². The van der Waals surface area contributed by atoms with Gasteiger partial charge in [0, 0.05) is 5.56 Å².